The molecule has 0 bridgehead atoms. The van der Waals surface area contributed by atoms with Gasteiger partial charge < -0.3 is 9.30 Å². The number of amides is 1. The van der Waals surface area contributed by atoms with E-state index < -0.39 is 8.24 Å². The van der Waals surface area contributed by atoms with Crippen molar-refractivity contribution in [3.8, 4) is 0 Å². The van der Waals surface area contributed by atoms with E-state index >= 15 is 0 Å². The molecule has 1 aliphatic heterocycles. The van der Waals surface area contributed by atoms with Gasteiger partial charge in [0.05, 0.1) is 6.04 Å². The van der Waals surface area contributed by atoms with Crippen molar-refractivity contribution in [3.05, 3.63) is 48.0 Å². The number of hydrogen-bond acceptors (Lipinski definition) is 3. The van der Waals surface area contributed by atoms with Crippen LogP contribution < -0.4 is 0 Å². The van der Waals surface area contributed by atoms with E-state index in [9.17, 15) is 9.59 Å². The molecule has 1 saturated heterocycles. The molecule has 0 spiro atoms. The maximum atomic E-state index is 12.1. The lowest BCUT2D eigenvalue weighted by atomic mass is 10.1. The van der Waals surface area contributed by atoms with E-state index in [0.29, 0.717) is 6.42 Å². The Morgan fingerprint density at radius 1 is 1.29 bits per heavy atom. The highest BCUT2D eigenvalue weighted by Crippen LogP contribution is 2.43. The van der Waals surface area contributed by atoms with E-state index in [1.807, 2.05) is 41.0 Å². The van der Waals surface area contributed by atoms with Crippen LogP contribution in [-0.2, 0) is 20.9 Å². The zero-order valence-corrected chi connectivity index (χ0v) is 16.2. The maximum absolute atomic E-state index is 12.1. The molecule has 5 heteroatoms. The summed E-state index contributed by atoms with van der Waals surface area (Å²) in [5.74, 6) is -0.178. The fourth-order valence-corrected chi connectivity index (χ4v) is 5.09. The average molecular weight is 346 g/mol. The Balaban J connectivity index is 1.94. The zero-order chi connectivity index (χ0) is 18.0. The summed E-state index contributed by atoms with van der Waals surface area (Å²) in [6.45, 7) is 11.2. The lowest BCUT2D eigenvalue weighted by Crippen LogP contribution is -2.67. The van der Waals surface area contributed by atoms with Gasteiger partial charge in [0.25, 0.3) is 0 Å². The van der Waals surface area contributed by atoms with Gasteiger partial charge in [-0.25, -0.2) is 4.79 Å². The van der Waals surface area contributed by atoms with E-state index in [0.717, 1.165) is 5.56 Å². The lowest BCUT2D eigenvalue weighted by Gasteiger charge is -2.54. The van der Waals surface area contributed by atoms with E-state index in [1.54, 1.807) is 0 Å². The highest BCUT2D eigenvalue weighted by molar-refractivity contribution is 6.80. The molecule has 0 unspecified atom stereocenters. The van der Waals surface area contributed by atoms with Crippen molar-refractivity contribution in [3.63, 3.8) is 0 Å². The van der Waals surface area contributed by atoms with Gasteiger partial charge in [0.1, 0.15) is 6.61 Å². The van der Waals surface area contributed by atoms with Crippen molar-refractivity contribution >= 4 is 20.1 Å². The Hall–Kier alpha value is -1.88. The summed E-state index contributed by atoms with van der Waals surface area (Å²) in [7, 11) is -1.91. The number of esters is 1. The van der Waals surface area contributed by atoms with Crippen LogP contribution in [0.3, 0.4) is 0 Å². The Morgan fingerprint density at radius 2 is 1.92 bits per heavy atom. The fourth-order valence-electron chi connectivity index (χ4n) is 2.65. The van der Waals surface area contributed by atoms with Crippen LogP contribution in [0.25, 0.3) is 0 Å². The van der Waals surface area contributed by atoms with Crippen LogP contribution in [0.15, 0.2) is 42.5 Å². The third kappa shape index (κ3) is 3.95. The van der Waals surface area contributed by atoms with Gasteiger partial charge in [-0.15, -0.1) is 0 Å². The third-order valence-corrected chi connectivity index (χ3v) is 10.6. The van der Waals surface area contributed by atoms with Gasteiger partial charge in [-0.05, 0) is 10.6 Å². The predicted molar refractivity (Wildman–Crippen MR) is 97.8 cm³/mol. The predicted octanol–water partition coefficient (Wildman–Crippen LogP) is 3.89. The monoisotopic (exact) mass is 345 g/mol. The number of β-lactam (4-membered cyclic amide) rings is 1. The molecule has 1 atom stereocenters. The second-order valence-electron chi connectivity index (χ2n) is 7.80. The van der Waals surface area contributed by atoms with Crippen molar-refractivity contribution in [1.82, 2.24) is 4.57 Å². The van der Waals surface area contributed by atoms with E-state index in [-0.39, 0.29) is 29.6 Å². The number of hydrogen-bond donors (Lipinski definition) is 0. The number of benzene rings is 1. The molecule has 4 nitrogen and oxygen atoms in total. The van der Waals surface area contributed by atoms with Gasteiger partial charge in [-0.1, -0.05) is 70.3 Å². The smallest absolute Gasteiger partial charge is 0.330 e. The molecule has 0 N–H and O–H groups in total. The third-order valence-electron chi connectivity index (χ3n) is 5.10. The first-order valence-corrected chi connectivity index (χ1v) is 11.3. The molecule has 1 aromatic carbocycles. The first-order chi connectivity index (χ1) is 11.1. The van der Waals surface area contributed by atoms with Crippen LogP contribution in [-0.4, -0.2) is 30.7 Å². The van der Waals surface area contributed by atoms with Gasteiger partial charge in [0.2, 0.25) is 5.91 Å². The van der Waals surface area contributed by atoms with Crippen molar-refractivity contribution in [1.29, 1.82) is 0 Å². The Bertz CT molecular complexity index is 632. The summed E-state index contributed by atoms with van der Waals surface area (Å²) in [5.41, 5.74) is 0.959. The first-order valence-electron chi connectivity index (χ1n) is 8.34. The van der Waals surface area contributed by atoms with Crippen LogP contribution in [0.4, 0.5) is 0 Å². The number of nitrogens with zero attached hydrogens (tertiary/aromatic N) is 1. The summed E-state index contributed by atoms with van der Waals surface area (Å²) in [6, 6.07) is 9.60. The summed E-state index contributed by atoms with van der Waals surface area (Å²) in [6.07, 6.45) is 3.75. The molecule has 1 fully saturated rings. The Kier molecular flexibility index (Phi) is 5.33. The van der Waals surface area contributed by atoms with Gasteiger partial charge in [0.15, 0.2) is 8.24 Å². The molecule has 1 aromatic rings. The standard InChI is InChI=1S/C19H27NO3Si/c1-19(2,3)24(4,5)20-16(13-17(20)21)11-12-18(22)23-14-15-9-7-6-8-10-15/h6-12,16H,13-14H2,1-5H3/b12-11-/t16-/m1/s1. The number of carbonyl (C=O) groups is 2. The molecule has 0 radical (unpaired) electrons. The van der Waals surface area contributed by atoms with Crippen molar-refractivity contribution in [2.24, 2.45) is 0 Å². The van der Waals surface area contributed by atoms with Gasteiger partial charge in [-0.3, -0.25) is 4.79 Å². The van der Waals surface area contributed by atoms with Crippen LogP contribution in [0, 0.1) is 0 Å². The minimum Gasteiger partial charge on any atom is -0.458 e. The van der Waals surface area contributed by atoms with Gasteiger partial charge in [0, 0.05) is 12.5 Å². The Morgan fingerprint density at radius 3 is 2.46 bits per heavy atom. The fraction of sp³-hybridized carbons (Fsp3) is 0.474. The summed E-state index contributed by atoms with van der Waals surface area (Å²) >= 11 is 0. The molecular formula is C19H27NO3Si. The first kappa shape index (κ1) is 18.5. The van der Waals surface area contributed by atoms with E-state index in [4.69, 9.17) is 4.74 Å². The van der Waals surface area contributed by atoms with Crippen molar-refractivity contribution < 1.29 is 14.3 Å². The van der Waals surface area contributed by atoms with E-state index in [2.05, 4.69) is 33.9 Å². The molecular weight excluding hydrogens is 318 g/mol. The summed E-state index contributed by atoms with van der Waals surface area (Å²) < 4.78 is 7.25. The normalized spacial score (nSPS) is 18.6. The Labute approximate surface area is 145 Å². The molecule has 1 aliphatic rings. The summed E-state index contributed by atoms with van der Waals surface area (Å²) in [4.78, 5) is 24.0. The molecule has 1 heterocycles. The van der Waals surface area contributed by atoms with Crippen LogP contribution >= 0.6 is 0 Å². The SMILES string of the molecule is CC(C)(C)[Si](C)(C)N1C(=O)C[C@H]1/C=C\C(=O)OCc1ccccc1. The minimum absolute atomic E-state index is 0.0164. The second-order valence-corrected chi connectivity index (χ2v) is 12.9. The van der Waals surface area contributed by atoms with Crippen LogP contribution in [0.5, 0.6) is 0 Å². The van der Waals surface area contributed by atoms with Gasteiger partial charge >= 0.3 is 5.97 Å². The van der Waals surface area contributed by atoms with Crippen LogP contribution in [0.2, 0.25) is 18.1 Å². The number of rotatable bonds is 5. The molecule has 130 valence electrons. The minimum atomic E-state index is -1.91. The molecule has 1 amide bonds. The van der Waals surface area contributed by atoms with Crippen molar-refractivity contribution in [2.45, 2.75) is 58.0 Å². The van der Waals surface area contributed by atoms with Gasteiger partial charge in [-0.2, -0.15) is 0 Å². The molecule has 0 aliphatic carbocycles. The molecule has 2 rings (SSSR count). The van der Waals surface area contributed by atoms with Crippen LogP contribution in [0.1, 0.15) is 32.8 Å². The van der Waals surface area contributed by atoms with Crippen molar-refractivity contribution in [2.75, 3.05) is 0 Å². The number of ether oxygens (including phenoxy) is 1. The quantitative estimate of drug-likeness (QED) is 0.352. The zero-order valence-electron chi connectivity index (χ0n) is 15.2. The highest BCUT2D eigenvalue weighted by Gasteiger charge is 2.50. The molecule has 24 heavy (non-hydrogen) atoms. The average Bonchev–Trinajstić information content (AvgIpc) is 2.48. The largest absolute Gasteiger partial charge is 0.458 e. The highest BCUT2D eigenvalue weighted by atomic mass is 28.3. The molecule has 0 saturated carbocycles. The van der Waals surface area contributed by atoms with E-state index in [1.165, 1.54) is 6.08 Å². The second kappa shape index (κ2) is 6.93. The molecule has 0 aromatic heterocycles. The number of carbonyl (C=O) groups excluding carboxylic acids is 2. The topological polar surface area (TPSA) is 46.6 Å². The lowest BCUT2D eigenvalue weighted by molar-refractivity contribution is -0.140. The maximum Gasteiger partial charge on any atom is 0.330 e. The summed E-state index contributed by atoms with van der Waals surface area (Å²) in [5, 5.41) is 0.0863.